The van der Waals surface area contributed by atoms with Crippen molar-refractivity contribution in [2.24, 2.45) is 0 Å². The van der Waals surface area contributed by atoms with Gasteiger partial charge in [-0.1, -0.05) is 12.1 Å². The standard InChI is InChI=1S/C13H16FN3/c14-13-11(9-15)3-1-4-12(13)10-17-7-2-5-16-6-8-17/h1,3-4,16H,2,5-8,10H2. The number of nitrogens with one attached hydrogen (secondary N) is 1. The molecule has 90 valence electrons. The summed E-state index contributed by atoms with van der Waals surface area (Å²) in [5, 5.41) is 12.1. The maximum Gasteiger partial charge on any atom is 0.145 e. The molecule has 1 saturated heterocycles. The Bertz CT molecular complexity index is 417. The van der Waals surface area contributed by atoms with E-state index in [1.165, 1.54) is 6.07 Å². The van der Waals surface area contributed by atoms with Gasteiger partial charge < -0.3 is 5.32 Å². The predicted molar refractivity (Wildman–Crippen MR) is 63.9 cm³/mol. The minimum absolute atomic E-state index is 0.135. The zero-order valence-electron chi connectivity index (χ0n) is 9.75. The quantitative estimate of drug-likeness (QED) is 0.841. The molecule has 0 amide bonds. The maximum atomic E-state index is 13.9. The Morgan fingerprint density at radius 2 is 2.24 bits per heavy atom. The number of nitrogens with zero attached hydrogens (tertiary/aromatic N) is 2. The Kier molecular flexibility index (Phi) is 4.08. The van der Waals surface area contributed by atoms with E-state index in [1.807, 2.05) is 6.07 Å². The van der Waals surface area contributed by atoms with Gasteiger partial charge in [0.15, 0.2) is 0 Å². The van der Waals surface area contributed by atoms with Crippen LogP contribution in [0.5, 0.6) is 0 Å². The van der Waals surface area contributed by atoms with Gasteiger partial charge in [0, 0.05) is 25.2 Å². The van der Waals surface area contributed by atoms with Crippen LogP contribution in [0.2, 0.25) is 0 Å². The van der Waals surface area contributed by atoms with Gasteiger partial charge in [-0.15, -0.1) is 0 Å². The Balaban J connectivity index is 2.10. The Morgan fingerprint density at radius 1 is 1.35 bits per heavy atom. The Labute approximate surface area is 101 Å². The molecule has 0 atom stereocenters. The molecule has 0 radical (unpaired) electrons. The molecule has 1 aliphatic rings. The molecule has 0 aromatic heterocycles. The molecule has 1 heterocycles. The molecule has 3 nitrogen and oxygen atoms in total. The summed E-state index contributed by atoms with van der Waals surface area (Å²) >= 11 is 0. The topological polar surface area (TPSA) is 39.1 Å². The SMILES string of the molecule is N#Cc1cccc(CN2CCCNCC2)c1F. The monoisotopic (exact) mass is 233 g/mol. The summed E-state index contributed by atoms with van der Waals surface area (Å²) in [6.07, 6.45) is 1.08. The van der Waals surface area contributed by atoms with Gasteiger partial charge in [-0.3, -0.25) is 4.90 Å². The van der Waals surface area contributed by atoms with Gasteiger partial charge in [-0.05, 0) is 25.6 Å². The minimum atomic E-state index is -0.368. The van der Waals surface area contributed by atoms with E-state index < -0.39 is 0 Å². The van der Waals surface area contributed by atoms with Crippen LogP contribution in [0.15, 0.2) is 18.2 Å². The van der Waals surface area contributed by atoms with E-state index in [1.54, 1.807) is 12.1 Å². The third-order valence-electron chi connectivity index (χ3n) is 3.03. The fraction of sp³-hybridized carbons (Fsp3) is 0.462. The number of rotatable bonds is 2. The van der Waals surface area contributed by atoms with Crippen LogP contribution < -0.4 is 5.32 Å². The molecule has 1 aliphatic heterocycles. The van der Waals surface area contributed by atoms with Crippen molar-refractivity contribution >= 4 is 0 Å². The first kappa shape index (κ1) is 12.0. The molecule has 0 unspecified atom stereocenters. The van der Waals surface area contributed by atoms with Crippen LogP contribution in [0.25, 0.3) is 0 Å². The Morgan fingerprint density at radius 3 is 3.06 bits per heavy atom. The molecule has 0 spiro atoms. The van der Waals surface area contributed by atoms with Crippen molar-refractivity contribution in [2.45, 2.75) is 13.0 Å². The number of benzene rings is 1. The highest BCUT2D eigenvalue weighted by Crippen LogP contribution is 2.14. The lowest BCUT2D eigenvalue weighted by Gasteiger charge is -2.19. The van der Waals surface area contributed by atoms with E-state index in [4.69, 9.17) is 5.26 Å². The first-order chi connectivity index (χ1) is 8.31. The van der Waals surface area contributed by atoms with Gasteiger partial charge >= 0.3 is 0 Å². The van der Waals surface area contributed by atoms with Crippen LogP contribution in [-0.4, -0.2) is 31.1 Å². The Hall–Kier alpha value is -1.44. The van der Waals surface area contributed by atoms with Crippen molar-refractivity contribution in [1.29, 1.82) is 5.26 Å². The van der Waals surface area contributed by atoms with E-state index >= 15 is 0 Å². The lowest BCUT2D eigenvalue weighted by atomic mass is 10.1. The summed E-state index contributed by atoms with van der Waals surface area (Å²) in [5.74, 6) is -0.368. The van der Waals surface area contributed by atoms with Crippen molar-refractivity contribution < 1.29 is 4.39 Å². The lowest BCUT2D eigenvalue weighted by molar-refractivity contribution is 0.280. The van der Waals surface area contributed by atoms with E-state index in [-0.39, 0.29) is 11.4 Å². The molecule has 1 N–H and O–H groups in total. The fourth-order valence-electron chi connectivity index (χ4n) is 2.09. The maximum absolute atomic E-state index is 13.9. The molecular formula is C13H16FN3. The average Bonchev–Trinajstić information content (AvgIpc) is 2.60. The van der Waals surface area contributed by atoms with Gasteiger partial charge in [0.05, 0.1) is 5.56 Å². The highest BCUT2D eigenvalue weighted by atomic mass is 19.1. The van der Waals surface area contributed by atoms with Gasteiger partial charge in [-0.2, -0.15) is 5.26 Å². The zero-order chi connectivity index (χ0) is 12.1. The molecule has 0 saturated carbocycles. The van der Waals surface area contributed by atoms with Gasteiger partial charge in [0.2, 0.25) is 0 Å². The molecule has 4 heteroatoms. The van der Waals surface area contributed by atoms with Gasteiger partial charge in [0.25, 0.3) is 0 Å². The van der Waals surface area contributed by atoms with E-state index in [2.05, 4.69) is 10.2 Å². The highest BCUT2D eigenvalue weighted by Gasteiger charge is 2.13. The third-order valence-corrected chi connectivity index (χ3v) is 3.03. The van der Waals surface area contributed by atoms with Crippen molar-refractivity contribution in [3.05, 3.63) is 35.1 Å². The van der Waals surface area contributed by atoms with Crippen LogP contribution in [0.1, 0.15) is 17.5 Å². The largest absolute Gasteiger partial charge is 0.315 e. The predicted octanol–water partition coefficient (Wildman–Crippen LogP) is 1.49. The minimum Gasteiger partial charge on any atom is -0.315 e. The lowest BCUT2D eigenvalue weighted by Crippen LogP contribution is -2.28. The number of hydrogen-bond donors (Lipinski definition) is 1. The normalized spacial score (nSPS) is 17.4. The van der Waals surface area contributed by atoms with Gasteiger partial charge in [0.1, 0.15) is 11.9 Å². The molecule has 1 aromatic carbocycles. The third kappa shape index (κ3) is 3.02. The number of hydrogen-bond acceptors (Lipinski definition) is 3. The molecule has 17 heavy (non-hydrogen) atoms. The van der Waals surface area contributed by atoms with Crippen molar-refractivity contribution in [2.75, 3.05) is 26.2 Å². The molecule has 0 bridgehead atoms. The summed E-state index contributed by atoms with van der Waals surface area (Å²) in [6.45, 7) is 4.46. The van der Waals surface area contributed by atoms with Crippen molar-refractivity contribution in [3.63, 3.8) is 0 Å². The zero-order valence-corrected chi connectivity index (χ0v) is 9.75. The first-order valence-corrected chi connectivity index (χ1v) is 5.92. The van der Waals surface area contributed by atoms with Crippen LogP contribution in [0.3, 0.4) is 0 Å². The van der Waals surface area contributed by atoms with E-state index in [0.29, 0.717) is 12.1 Å². The molecule has 1 aromatic rings. The molecule has 1 fully saturated rings. The van der Waals surface area contributed by atoms with Gasteiger partial charge in [-0.25, -0.2) is 4.39 Å². The summed E-state index contributed by atoms with van der Waals surface area (Å²) in [5.41, 5.74) is 0.751. The smallest absolute Gasteiger partial charge is 0.145 e. The second-order valence-electron chi connectivity index (χ2n) is 4.27. The average molecular weight is 233 g/mol. The van der Waals surface area contributed by atoms with Crippen molar-refractivity contribution in [1.82, 2.24) is 10.2 Å². The first-order valence-electron chi connectivity index (χ1n) is 5.92. The van der Waals surface area contributed by atoms with Crippen molar-refractivity contribution in [3.8, 4) is 6.07 Å². The van der Waals surface area contributed by atoms with Crippen LogP contribution in [0, 0.1) is 17.1 Å². The molecule has 0 aliphatic carbocycles. The summed E-state index contributed by atoms with van der Waals surface area (Å²) < 4.78 is 13.9. The van der Waals surface area contributed by atoms with E-state index in [9.17, 15) is 4.39 Å². The summed E-state index contributed by atoms with van der Waals surface area (Å²) in [4.78, 5) is 2.22. The number of nitriles is 1. The highest BCUT2D eigenvalue weighted by molar-refractivity contribution is 5.34. The molecular weight excluding hydrogens is 217 g/mol. The fourth-order valence-corrected chi connectivity index (χ4v) is 2.09. The second-order valence-corrected chi connectivity index (χ2v) is 4.27. The van der Waals surface area contributed by atoms with Crippen LogP contribution >= 0.6 is 0 Å². The summed E-state index contributed by atoms with van der Waals surface area (Å²) in [7, 11) is 0. The van der Waals surface area contributed by atoms with Crippen LogP contribution in [-0.2, 0) is 6.54 Å². The second kappa shape index (κ2) is 5.76. The molecule has 2 rings (SSSR count). The van der Waals surface area contributed by atoms with Crippen LogP contribution in [0.4, 0.5) is 4.39 Å². The summed E-state index contributed by atoms with van der Waals surface area (Å²) in [6, 6.07) is 6.90. The number of halogens is 1. The van der Waals surface area contributed by atoms with E-state index in [0.717, 1.165) is 32.6 Å².